The molecule has 0 saturated carbocycles. The second-order valence-corrected chi connectivity index (χ2v) is 20.7. The lowest BCUT2D eigenvalue weighted by Crippen LogP contribution is -2.25. The molecule has 10 N–H and O–H groups in total. The van der Waals surface area contributed by atoms with E-state index in [0.29, 0.717) is 59.2 Å². The molecule has 76 heavy (non-hydrogen) atoms. The molecule has 0 aromatic heterocycles. The molecular weight excluding hydrogens is 973 g/mol. The first-order valence-corrected chi connectivity index (χ1v) is 24.3. The van der Waals surface area contributed by atoms with E-state index in [0.717, 1.165) is 46.2 Å². The smallest absolute Gasteiger partial charge is 0.153 e. The summed E-state index contributed by atoms with van der Waals surface area (Å²) in [6, 6.07) is 26.2. The monoisotopic (exact) mass is 1050 g/mol. The van der Waals surface area contributed by atoms with Crippen LogP contribution < -0.4 is 0 Å². The van der Waals surface area contributed by atoms with E-state index in [-0.39, 0.29) is 106 Å². The third kappa shape index (κ3) is 18.4. The number of aromatic hydroxyl groups is 5. The van der Waals surface area contributed by atoms with Gasteiger partial charge in [0.15, 0.2) is 31.4 Å². The number of phenols is 5. The molecule has 0 spiro atoms. The maximum absolute atomic E-state index is 11.0. The Labute approximate surface area is 445 Å². The topological polar surface area (TPSA) is 288 Å². The van der Waals surface area contributed by atoms with Crippen LogP contribution in [0.25, 0.3) is 11.1 Å². The van der Waals surface area contributed by atoms with Crippen LogP contribution in [0.1, 0.15) is 171 Å². The SMILES string of the molecule is CC(C)(C)CC(C)(C)c1cc(C=O)c(O)c(CO)c1.CC(C)(C)c1cc(C=O)c(O)c(CO)c1.CCc1cc(C=O)c(O)c(CO)c1.Cc1cc(C=O)c(O)c(CO)c1.O=Cc1cc(-c2ccccc2)cc(CO)c1O. The van der Waals surface area contributed by atoms with E-state index in [1.165, 1.54) is 0 Å². The first-order valence-electron chi connectivity index (χ1n) is 24.3. The highest BCUT2D eigenvalue weighted by Crippen LogP contribution is 2.39. The van der Waals surface area contributed by atoms with Crippen LogP contribution in [0, 0.1) is 12.3 Å². The molecule has 0 amide bonds. The molecule has 0 aliphatic carbocycles. The van der Waals surface area contributed by atoms with Gasteiger partial charge in [0.05, 0.1) is 60.9 Å². The van der Waals surface area contributed by atoms with Gasteiger partial charge in [-0.05, 0) is 124 Å². The van der Waals surface area contributed by atoms with E-state index < -0.39 is 0 Å². The number of hydrogen-bond acceptors (Lipinski definition) is 15. The van der Waals surface area contributed by atoms with Gasteiger partial charge in [0.2, 0.25) is 0 Å². The lowest BCUT2D eigenvalue weighted by molar-refractivity contribution is 0.111. The Hall–Kier alpha value is -7.53. The summed E-state index contributed by atoms with van der Waals surface area (Å²) in [7, 11) is 0. The van der Waals surface area contributed by atoms with Crippen LogP contribution in [0.2, 0.25) is 0 Å². The number of hydrogen-bond donors (Lipinski definition) is 10. The fraction of sp³-hybridized carbons (Fsp3) is 0.328. The van der Waals surface area contributed by atoms with Crippen LogP contribution in [0.3, 0.4) is 0 Å². The van der Waals surface area contributed by atoms with Crippen LogP contribution in [0.15, 0.2) is 91.0 Å². The predicted octanol–water partition coefficient (Wildman–Crippen LogP) is 10.0. The van der Waals surface area contributed by atoms with Crippen LogP contribution in [-0.2, 0) is 50.3 Å². The van der Waals surface area contributed by atoms with E-state index in [2.05, 4.69) is 34.6 Å². The molecule has 15 nitrogen and oxygen atoms in total. The largest absolute Gasteiger partial charge is 0.507 e. The van der Waals surface area contributed by atoms with E-state index in [9.17, 15) is 54.6 Å². The average Bonchev–Trinajstić information content (AvgIpc) is 3.39. The number of rotatable bonds is 14. The lowest BCUT2D eigenvalue weighted by Gasteiger charge is -2.33. The number of aldehydes is 5. The first-order chi connectivity index (χ1) is 35.7. The maximum atomic E-state index is 11.0. The van der Waals surface area contributed by atoms with Gasteiger partial charge in [-0.2, -0.15) is 0 Å². The molecule has 0 unspecified atom stereocenters. The molecule has 408 valence electrons. The molecule has 0 aliphatic heterocycles. The van der Waals surface area contributed by atoms with Gasteiger partial charge >= 0.3 is 0 Å². The Bertz CT molecular complexity index is 2910. The minimum atomic E-state index is -0.298. The Morgan fingerprint density at radius 2 is 0.763 bits per heavy atom. The number of carbonyl (C=O) groups excluding carboxylic acids is 5. The van der Waals surface area contributed by atoms with Crippen molar-refractivity contribution in [2.45, 2.75) is 126 Å². The molecule has 0 atom stereocenters. The van der Waals surface area contributed by atoms with Gasteiger partial charge in [-0.15, -0.1) is 0 Å². The normalized spacial score (nSPS) is 10.9. The zero-order valence-electron chi connectivity index (χ0n) is 45.0. The van der Waals surface area contributed by atoms with Crippen molar-refractivity contribution in [3.8, 4) is 39.9 Å². The number of aryl methyl sites for hydroxylation is 2. The van der Waals surface area contributed by atoms with Crippen LogP contribution >= 0.6 is 0 Å². The molecule has 6 aromatic rings. The minimum Gasteiger partial charge on any atom is -0.507 e. The summed E-state index contributed by atoms with van der Waals surface area (Å²) in [5.41, 5.74) is 8.37. The molecule has 6 aromatic carbocycles. The molecule has 6 rings (SSSR count). The quantitative estimate of drug-likeness (QED) is 0.0454. The van der Waals surface area contributed by atoms with E-state index in [1.807, 2.05) is 58.0 Å². The number of benzene rings is 6. The summed E-state index contributed by atoms with van der Waals surface area (Å²) in [4.78, 5) is 53.5. The van der Waals surface area contributed by atoms with E-state index in [1.54, 1.807) is 67.6 Å². The molecule has 0 fully saturated rings. The van der Waals surface area contributed by atoms with Crippen molar-refractivity contribution in [3.05, 3.63) is 169 Å². The highest BCUT2D eigenvalue weighted by atomic mass is 16.3. The zero-order chi connectivity index (χ0) is 57.7. The van der Waals surface area contributed by atoms with E-state index >= 15 is 0 Å². The molecule has 0 aliphatic rings. The maximum Gasteiger partial charge on any atom is 0.153 e. The molecule has 0 bridgehead atoms. The van der Waals surface area contributed by atoms with Crippen molar-refractivity contribution < 1.29 is 75.0 Å². The fourth-order valence-corrected chi connectivity index (χ4v) is 8.13. The summed E-state index contributed by atoms with van der Waals surface area (Å²) in [5.74, 6) is -0.636. The van der Waals surface area contributed by atoms with Crippen molar-refractivity contribution in [3.63, 3.8) is 0 Å². The molecule has 15 heteroatoms. The Kier molecular flexibility index (Phi) is 25.1. The van der Waals surface area contributed by atoms with Gasteiger partial charge in [0.1, 0.15) is 28.7 Å². The molecular formula is C61H74O15. The highest BCUT2D eigenvalue weighted by molar-refractivity contribution is 5.85. The van der Waals surface area contributed by atoms with Crippen molar-refractivity contribution in [2.75, 3.05) is 0 Å². The first kappa shape index (κ1) is 64.6. The number of carbonyl (C=O) groups is 5. The van der Waals surface area contributed by atoms with Gasteiger partial charge in [0.25, 0.3) is 0 Å². The summed E-state index contributed by atoms with van der Waals surface area (Å²) in [6.45, 7) is 19.2. The van der Waals surface area contributed by atoms with Crippen LogP contribution in [0.5, 0.6) is 28.7 Å². The zero-order valence-corrected chi connectivity index (χ0v) is 45.0. The van der Waals surface area contributed by atoms with Gasteiger partial charge in [0, 0.05) is 27.8 Å². The molecule has 0 radical (unpaired) electrons. The summed E-state index contributed by atoms with van der Waals surface area (Å²) in [5, 5.41) is 93.0. The minimum absolute atomic E-state index is 0.116. The third-order valence-corrected chi connectivity index (χ3v) is 11.9. The van der Waals surface area contributed by atoms with Gasteiger partial charge < -0.3 is 51.1 Å². The predicted molar refractivity (Wildman–Crippen MR) is 292 cm³/mol. The average molecular weight is 1050 g/mol. The Morgan fingerprint density at radius 1 is 0.408 bits per heavy atom. The summed E-state index contributed by atoms with van der Waals surface area (Å²) >= 11 is 0. The summed E-state index contributed by atoms with van der Waals surface area (Å²) in [6.07, 6.45) is 4.69. The van der Waals surface area contributed by atoms with E-state index in [4.69, 9.17) is 20.4 Å². The summed E-state index contributed by atoms with van der Waals surface area (Å²) < 4.78 is 0. The van der Waals surface area contributed by atoms with Gasteiger partial charge in [-0.25, -0.2) is 0 Å². The van der Waals surface area contributed by atoms with Gasteiger partial charge in [-0.3, -0.25) is 24.0 Å². The standard InChI is InChI=1S/C16H24O3.C14H12O3.C12H16O3.C10H12O3.C9H10O3/c1-15(2,3)10-16(4,5)13-6-11(8-17)14(19)12(7-13)9-18;15-8-12-6-11(7-13(9-16)14(12)17)10-4-2-1-3-5-10;1-12(2,3)10-4-8(6-13)11(15)9(5-10)7-14;1-2-7-3-8(5-11)10(13)9(4-7)6-12;1-6-2-7(4-10)9(12)8(3-6)5-11/h6-8,18-19H,9-10H2,1-5H3;1-8,16-17H,9H2;4-6,14-15H,7H2,1-3H3;3-5,12-13H,2,6H2,1H3;2-4,11-12H,5H2,1H3. The molecule has 0 heterocycles. The fourth-order valence-electron chi connectivity index (χ4n) is 8.13. The second-order valence-electron chi connectivity index (χ2n) is 20.7. The van der Waals surface area contributed by atoms with Gasteiger partial charge in [-0.1, -0.05) is 98.7 Å². The lowest BCUT2D eigenvalue weighted by atomic mass is 9.72. The van der Waals surface area contributed by atoms with Crippen molar-refractivity contribution >= 4 is 31.4 Å². The Balaban J connectivity index is 0.000000328. The van der Waals surface area contributed by atoms with Crippen LogP contribution in [0.4, 0.5) is 0 Å². The van der Waals surface area contributed by atoms with Crippen LogP contribution in [-0.4, -0.2) is 82.5 Å². The number of aliphatic hydroxyl groups is 5. The Morgan fingerprint density at radius 3 is 1.16 bits per heavy atom. The van der Waals surface area contributed by atoms with Crippen molar-refractivity contribution in [1.82, 2.24) is 0 Å². The molecule has 0 saturated heterocycles. The second kappa shape index (κ2) is 29.5. The third-order valence-electron chi connectivity index (χ3n) is 11.9. The van der Waals surface area contributed by atoms with Crippen molar-refractivity contribution in [2.24, 2.45) is 5.41 Å². The van der Waals surface area contributed by atoms with Crippen molar-refractivity contribution in [1.29, 1.82) is 0 Å². The number of aliphatic hydroxyl groups excluding tert-OH is 5. The highest BCUT2D eigenvalue weighted by Gasteiger charge is 2.29.